The summed E-state index contributed by atoms with van der Waals surface area (Å²) in [6.07, 6.45) is 9.56. The fraction of sp³-hybridized carbons (Fsp3) is 1.00. The van der Waals surface area contributed by atoms with Gasteiger partial charge in [0.2, 0.25) is 0 Å². The number of unbranched alkanes of at least 4 members (excludes halogenated alkanes) is 2. The second-order valence-corrected chi connectivity index (χ2v) is 5.07. The van der Waals surface area contributed by atoms with Gasteiger partial charge in [0.15, 0.2) is 0 Å². The number of aliphatic hydroxyl groups excluding tert-OH is 1. The van der Waals surface area contributed by atoms with Crippen molar-refractivity contribution in [3.8, 4) is 0 Å². The minimum absolute atomic E-state index is 0.0292. The van der Waals surface area contributed by atoms with Crippen LogP contribution >= 0.6 is 0 Å². The maximum atomic E-state index is 9.41. The molecule has 2 heteroatoms. The molecule has 1 saturated carbocycles. The third kappa shape index (κ3) is 5.53. The van der Waals surface area contributed by atoms with Crippen molar-refractivity contribution in [2.24, 2.45) is 0 Å². The quantitative estimate of drug-likeness (QED) is 0.665. The molecule has 0 amide bonds. The van der Waals surface area contributed by atoms with Crippen LogP contribution in [0.2, 0.25) is 0 Å². The van der Waals surface area contributed by atoms with Crippen LogP contribution in [-0.2, 0) is 0 Å². The number of rotatable bonds is 6. The molecule has 0 saturated heterocycles. The highest BCUT2D eigenvalue weighted by atomic mass is 16.3. The number of hydrogen-bond donors (Lipinski definition) is 2. The maximum Gasteiger partial charge on any atom is 0.0541 e. The van der Waals surface area contributed by atoms with Gasteiger partial charge in [0, 0.05) is 12.1 Å². The molecule has 1 atom stereocenters. The van der Waals surface area contributed by atoms with Gasteiger partial charge in [-0.05, 0) is 39.0 Å². The summed E-state index contributed by atoms with van der Waals surface area (Å²) in [5.41, 5.74) is 0. The minimum atomic E-state index is -0.0292. The number of aliphatic hydroxyl groups is 1. The summed E-state index contributed by atoms with van der Waals surface area (Å²) in [6, 6.07) is 1.31. The van der Waals surface area contributed by atoms with E-state index in [9.17, 15) is 5.11 Å². The van der Waals surface area contributed by atoms with Crippen molar-refractivity contribution in [1.29, 1.82) is 0 Å². The van der Waals surface area contributed by atoms with Gasteiger partial charge < -0.3 is 10.4 Å². The van der Waals surface area contributed by atoms with Gasteiger partial charge in [-0.1, -0.05) is 26.2 Å². The van der Waals surface area contributed by atoms with Crippen LogP contribution in [0.25, 0.3) is 0 Å². The largest absolute Gasteiger partial charge is 0.393 e. The van der Waals surface area contributed by atoms with Crippen LogP contribution in [-0.4, -0.2) is 23.3 Å². The van der Waals surface area contributed by atoms with Crippen molar-refractivity contribution < 1.29 is 5.11 Å². The lowest BCUT2D eigenvalue weighted by atomic mass is 9.92. The lowest BCUT2D eigenvalue weighted by Crippen LogP contribution is -2.39. The molecule has 0 bridgehead atoms. The summed E-state index contributed by atoms with van der Waals surface area (Å²) >= 11 is 0. The van der Waals surface area contributed by atoms with E-state index in [1.807, 2.05) is 0 Å². The molecular weight excluding hydrogens is 186 g/mol. The van der Waals surface area contributed by atoms with Gasteiger partial charge in [0.1, 0.15) is 0 Å². The molecule has 0 heterocycles. The molecule has 15 heavy (non-hydrogen) atoms. The Balaban J connectivity index is 2.06. The molecule has 1 rings (SSSR count). The van der Waals surface area contributed by atoms with Gasteiger partial charge in [-0.3, -0.25) is 0 Å². The van der Waals surface area contributed by atoms with Crippen molar-refractivity contribution in [3.63, 3.8) is 0 Å². The Morgan fingerprint density at radius 1 is 1.20 bits per heavy atom. The van der Waals surface area contributed by atoms with Crippen molar-refractivity contribution in [2.75, 3.05) is 0 Å². The van der Waals surface area contributed by atoms with Gasteiger partial charge in [0.05, 0.1) is 6.10 Å². The van der Waals surface area contributed by atoms with Crippen molar-refractivity contribution >= 4 is 0 Å². The molecule has 1 aliphatic carbocycles. The molecule has 0 aliphatic heterocycles. The molecule has 1 aliphatic rings. The Morgan fingerprint density at radius 3 is 2.47 bits per heavy atom. The van der Waals surface area contributed by atoms with E-state index in [0.29, 0.717) is 12.1 Å². The number of nitrogens with one attached hydrogen (secondary N) is 1. The highest BCUT2D eigenvalue weighted by Gasteiger charge is 2.19. The lowest BCUT2D eigenvalue weighted by molar-refractivity contribution is 0.114. The average Bonchev–Trinajstić information content (AvgIpc) is 2.22. The SMILES string of the molecule is CCCCCC(C)NC1CCC(O)CC1. The smallest absolute Gasteiger partial charge is 0.0541 e. The zero-order chi connectivity index (χ0) is 11.1. The van der Waals surface area contributed by atoms with Crippen LogP contribution in [0.5, 0.6) is 0 Å². The molecule has 0 aromatic carbocycles. The first-order valence-corrected chi connectivity index (χ1v) is 6.66. The average molecular weight is 213 g/mol. The molecule has 2 nitrogen and oxygen atoms in total. The van der Waals surface area contributed by atoms with E-state index in [1.54, 1.807) is 0 Å². The second-order valence-electron chi connectivity index (χ2n) is 5.07. The van der Waals surface area contributed by atoms with E-state index in [4.69, 9.17) is 0 Å². The summed E-state index contributed by atoms with van der Waals surface area (Å²) in [5, 5.41) is 13.1. The topological polar surface area (TPSA) is 32.3 Å². The van der Waals surface area contributed by atoms with Crippen molar-refractivity contribution in [2.45, 2.75) is 83.4 Å². The Bertz CT molecular complexity index is 153. The van der Waals surface area contributed by atoms with Crippen molar-refractivity contribution in [1.82, 2.24) is 5.32 Å². The van der Waals surface area contributed by atoms with E-state index in [1.165, 1.54) is 25.7 Å². The molecule has 90 valence electrons. The molecule has 0 aromatic rings. The molecule has 2 N–H and O–H groups in total. The predicted molar refractivity (Wildman–Crippen MR) is 65.0 cm³/mol. The van der Waals surface area contributed by atoms with E-state index in [0.717, 1.165) is 25.7 Å². The zero-order valence-corrected chi connectivity index (χ0v) is 10.3. The minimum Gasteiger partial charge on any atom is -0.393 e. The fourth-order valence-corrected chi connectivity index (χ4v) is 2.43. The lowest BCUT2D eigenvalue weighted by Gasteiger charge is -2.29. The highest BCUT2D eigenvalue weighted by molar-refractivity contribution is 4.78. The fourth-order valence-electron chi connectivity index (χ4n) is 2.43. The van der Waals surface area contributed by atoms with Crippen LogP contribution < -0.4 is 5.32 Å². The first kappa shape index (κ1) is 13.0. The summed E-state index contributed by atoms with van der Waals surface area (Å²) in [5.74, 6) is 0. The molecule has 0 aromatic heterocycles. The van der Waals surface area contributed by atoms with E-state index < -0.39 is 0 Å². The third-order valence-electron chi connectivity index (χ3n) is 3.46. The first-order chi connectivity index (χ1) is 7.22. The summed E-state index contributed by atoms with van der Waals surface area (Å²) in [4.78, 5) is 0. The van der Waals surface area contributed by atoms with Crippen LogP contribution in [0, 0.1) is 0 Å². The van der Waals surface area contributed by atoms with Gasteiger partial charge in [-0.25, -0.2) is 0 Å². The van der Waals surface area contributed by atoms with Gasteiger partial charge in [-0.15, -0.1) is 0 Å². The Morgan fingerprint density at radius 2 is 1.87 bits per heavy atom. The standard InChI is InChI=1S/C13H27NO/c1-3-4-5-6-11(2)14-12-7-9-13(15)10-8-12/h11-15H,3-10H2,1-2H3. The Hall–Kier alpha value is -0.0800. The van der Waals surface area contributed by atoms with Crippen LogP contribution in [0.4, 0.5) is 0 Å². The van der Waals surface area contributed by atoms with Gasteiger partial charge >= 0.3 is 0 Å². The third-order valence-corrected chi connectivity index (χ3v) is 3.46. The molecular formula is C13H27NO. The van der Waals surface area contributed by atoms with Gasteiger partial charge in [0.25, 0.3) is 0 Å². The predicted octanol–water partition coefficient (Wildman–Crippen LogP) is 2.85. The van der Waals surface area contributed by atoms with E-state index >= 15 is 0 Å². The van der Waals surface area contributed by atoms with Crippen LogP contribution in [0.15, 0.2) is 0 Å². The highest BCUT2D eigenvalue weighted by Crippen LogP contribution is 2.19. The summed E-state index contributed by atoms with van der Waals surface area (Å²) < 4.78 is 0. The van der Waals surface area contributed by atoms with Gasteiger partial charge in [-0.2, -0.15) is 0 Å². The molecule has 1 fully saturated rings. The Kier molecular flexibility index (Phi) is 6.26. The molecule has 0 radical (unpaired) electrons. The van der Waals surface area contributed by atoms with Crippen LogP contribution in [0.3, 0.4) is 0 Å². The zero-order valence-electron chi connectivity index (χ0n) is 10.3. The van der Waals surface area contributed by atoms with Crippen molar-refractivity contribution in [3.05, 3.63) is 0 Å². The van der Waals surface area contributed by atoms with E-state index in [2.05, 4.69) is 19.2 Å². The number of hydrogen-bond acceptors (Lipinski definition) is 2. The normalized spacial score (nSPS) is 29.0. The molecule has 0 spiro atoms. The van der Waals surface area contributed by atoms with Crippen LogP contribution in [0.1, 0.15) is 65.2 Å². The van der Waals surface area contributed by atoms with E-state index in [-0.39, 0.29) is 6.10 Å². The second kappa shape index (κ2) is 7.24. The Labute approximate surface area is 94.5 Å². The molecule has 1 unspecified atom stereocenters. The first-order valence-electron chi connectivity index (χ1n) is 6.66. The maximum absolute atomic E-state index is 9.41. The summed E-state index contributed by atoms with van der Waals surface area (Å²) in [6.45, 7) is 4.54. The monoisotopic (exact) mass is 213 g/mol. The summed E-state index contributed by atoms with van der Waals surface area (Å²) in [7, 11) is 0.